The van der Waals surface area contributed by atoms with Crippen LogP contribution in [-0.4, -0.2) is 29.0 Å². The number of aryl methyl sites for hydroxylation is 1. The van der Waals surface area contributed by atoms with E-state index in [0.29, 0.717) is 11.5 Å². The molecule has 1 amide bonds. The number of benzene rings is 1. The Bertz CT molecular complexity index is 413. The van der Waals surface area contributed by atoms with Crippen LogP contribution in [0.4, 0.5) is 0 Å². The molecule has 1 rings (SSSR count). The Morgan fingerprint density at radius 3 is 2.41 bits per heavy atom. The van der Waals surface area contributed by atoms with E-state index in [1.54, 1.807) is 37.1 Å². The largest absolute Gasteiger partial charge is 0.507 e. The zero-order chi connectivity index (χ0) is 13.2. The molecule has 1 atom stereocenters. The first-order valence-corrected chi connectivity index (χ1v) is 5.92. The maximum atomic E-state index is 12.2. The molecular weight excluding hydrogens is 214 g/mol. The van der Waals surface area contributed by atoms with E-state index in [0.717, 1.165) is 5.56 Å². The second-order valence-corrected chi connectivity index (χ2v) is 4.87. The highest BCUT2D eigenvalue weighted by atomic mass is 16.3. The van der Waals surface area contributed by atoms with E-state index >= 15 is 0 Å². The van der Waals surface area contributed by atoms with Gasteiger partial charge in [-0.05, 0) is 31.4 Å². The zero-order valence-electron chi connectivity index (χ0n) is 11.2. The monoisotopic (exact) mass is 235 g/mol. The summed E-state index contributed by atoms with van der Waals surface area (Å²) in [5.41, 5.74) is 1.10. The van der Waals surface area contributed by atoms with Gasteiger partial charge in [0.25, 0.3) is 5.91 Å². The maximum Gasteiger partial charge on any atom is 0.257 e. The molecular formula is C14H21NO2. The van der Waals surface area contributed by atoms with Crippen molar-refractivity contribution in [3.63, 3.8) is 0 Å². The van der Waals surface area contributed by atoms with Gasteiger partial charge in [-0.3, -0.25) is 4.79 Å². The molecule has 94 valence electrons. The Balaban J connectivity index is 3.01. The molecule has 0 aliphatic carbocycles. The summed E-state index contributed by atoms with van der Waals surface area (Å²) in [4.78, 5) is 13.9. The van der Waals surface area contributed by atoms with E-state index < -0.39 is 0 Å². The summed E-state index contributed by atoms with van der Waals surface area (Å²) in [7, 11) is 1.77. The molecule has 0 heterocycles. The number of hydrogen-bond acceptors (Lipinski definition) is 2. The number of para-hydroxylation sites is 1. The zero-order valence-corrected chi connectivity index (χ0v) is 11.2. The van der Waals surface area contributed by atoms with E-state index in [1.807, 2.05) is 6.92 Å². The summed E-state index contributed by atoms with van der Waals surface area (Å²) >= 11 is 0. The predicted octanol–water partition coefficient (Wildman–Crippen LogP) is 2.82. The number of hydrogen-bond donors (Lipinski definition) is 1. The smallest absolute Gasteiger partial charge is 0.257 e. The molecule has 0 aliphatic rings. The minimum atomic E-state index is -0.132. The molecule has 0 saturated carbocycles. The summed E-state index contributed by atoms with van der Waals surface area (Å²) in [6.45, 7) is 7.95. The molecule has 1 aromatic rings. The van der Waals surface area contributed by atoms with Crippen molar-refractivity contribution in [1.82, 2.24) is 4.90 Å². The Morgan fingerprint density at radius 2 is 1.88 bits per heavy atom. The van der Waals surface area contributed by atoms with Crippen molar-refractivity contribution >= 4 is 5.91 Å². The van der Waals surface area contributed by atoms with Gasteiger partial charge in [0.1, 0.15) is 5.75 Å². The van der Waals surface area contributed by atoms with Crippen LogP contribution < -0.4 is 0 Å². The number of carbonyl (C=O) groups is 1. The minimum Gasteiger partial charge on any atom is -0.507 e. The van der Waals surface area contributed by atoms with Gasteiger partial charge in [0.15, 0.2) is 0 Å². The Morgan fingerprint density at radius 1 is 1.29 bits per heavy atom. The summed E-state index contributed by atoms with van der Waals surface area (Å²) in [6, 6.07) is 5.38. The van der Waals surface area contributed by atoms with Crippen LogP contribution in [0, 0.1) is 12.8 Å². The van der Waals surface area contributed by atoms with Crippen LogP contribution >= 0.6 is 0 Å². The molecule has 3 heteroatoms. The second kappa shape index (κ2) is 5.21. The first kappa shape index (κ1) is 13.6. The first-order chi connectivity index (χ1) is 7.86. The van der Waals surface area contributed by atoms with Crippen LogP contribution in [0.3, 0.4) is 0 Å². The molecule has 1 N–H and O–H groups in total. The van der Waals surface area contributed by atoms with Gasteiger partial charge in [0.2, 0.25) is 0 Å². The molecule has 0 aliphatic heterocycles. The number of nitrogens with zero attached hydrogens (tertiary/aromatic N) is 1. The van der Waals surface area contributed by atoms with Crippen LogP contribution in [0.5, 0.6) is 5.75 Å². The fourth-order valence-electron chi connectivity index (χ4n) is 1.65. The molecule has 0 radical (unpaired) electrons. The van der Waals surface area contributed by atoms with Crippen LogP contribution in [0.15, 0.2) is 18.2 Å². The van der Waals surface area contributed by atoms with E-state index in [4.69, 9.17) is 0 Å². The molecule has 0 bridgehead atoms. The van der Waals surface area contributed by atoms with Gasteiger partial charge in [-0.1, -0.05) is 26.0 Å². The van der Waals surface area contributed by atoms with Gasteiger partial charge in [-0.25, -0.2) is 0 Å². The number of rotatable bonds is 3. The van der Waals surface area contributed by atoms with E-state index in [1.165, 1.54) is 0 Å². The lowest BCUT2D eigenvalue weighted by atomic mass is 10.0. The SMILES string of the molecule is Cc1cccc(C(=O)N(C)C(C)C(C)C)c1O. The van der Waals surface area contributed by atoms with Crippen LogP contribution in [0.2, 0.25) is 0 Å². The number of carbonyl (C=O) groups excluding carboxylic acids is 1. The third kappa shape index (κ3) is 2.78. The maximum absolute atomic E-state index is 12.2. The van der Waals surface area contributed by atoms with Gasteiger partial charge in [-0.15, -0.1) is 0 Å². The number of phenolic OH excluding ortho intramolecular Hbond substituents is 1. The van der Waals surface area contributed by atoms with Crippen molar-refractivity contribution in [1.29, 1.82) is 0 Å². The van der Waals surface area contributed by atoms with Crippen molar-refractivity contribution in [3.8, 4) is 5.75 Å². The van der Waals surface area contributed by atoms with Gasteiger partial charge < -0.3 is 10.0 Å². The van der Waals surface area contributed by atoms with Gasteiger partial charge in [-0.2, -0.15) is 0 Å². The molecule has 0 fully saturated rings. The molecule has 1 aromatic carbocycles. The summed E-state index contributed by atoms with van der Waals surface area (Å²) in [5, 5.41) is 9.89. The summed E-state index contributed by atoms with van der Waals surface area (Å²) in [5.74, 6) is 0.337. The minimum absolute atomic E-state index is 0.0836. The van der Waals surface area contributed by atoms with E-state index in [9.17, 15) is 9.90 Å². The number of aromatic hydroxyl groups is 1. The molecule has 17 heavy (non-hydrogen) atoms. The van der Waals surface area contributed by atoms with E-state index in [2.05, 4.69) is 13.8 Å². The first-order valence-electron chi connectivity index (χ1n) is 5.92. The summed E-state index contributed by atoms with van der Waals surface area (Å²) in [6.07, 6.45) is 0. The number of amides is 1. The van der Waals surface area contributed by atoms with Crippen molar-refractivity contribution < 1.29 is 9.90 Å². The van der Waals surface area contributed by atoms with Gasteiger partial charge >= 0.3 is 0 Å². The highest BCUT2D eigenvalue weighted by molar-refractivity contribution is 5.97. The van der Waals surface area contributed by atoms with Gasteiger partial charge in [0.05, 0.1) is 5.56 Å². The highest BCUT2D eigenvalue weighted by Gasteiger charge is 2.22. The average molecular weight is 235 g/mol. The van der Waals surface area contributed by atoms with Crippen molar-refractivity contribution in [2.45, 2.75) is 33.7 Å². The van der Waals surface area contributed by atoms with Crippen molar-refractivity contribution in [2.24, 2.45) is 5.92 Å². The highest BCUT2D eigenvalue weighted by Crippen LogP contribution is 2.23. The van der Waals surface area contributed by atoms with Crippen LogP contribution in [-0.2, 0) is 0 Å². The van der Waals surface area contributed by atoms with Gasteiger partial charge in [0, 0.05) is 13.1 Å². The Labute approximate surface area is 103 Å². The molecule has 1 unspecified atom stereocenters. The second-order valence-electron chi connectivity index (χ2n) is 4.87. The lowest BCUT2D eigenvalue weighted by Gasteiger charge is -2.28. The third-order valence-electron chi connectivity index (χ3n) is 3.36. The summed E-state index contributed by atoms with van der Waals surface area (Å²) < 4.78 is 0. The lowest BCUT2D eigenvalue weighted by molar-refractivity contribution is 0.0704. The topological polar surface area (TPSA) is 40.5 Å². The Kier molecular flexibility index (Phi) is 4.16. The normalized spacial score (nSPS) is 12.6. The fourth-order valence-corrected chi connectivity index (χ4v) is 1.65. The molecule has 0 saturated heterocycles. The molecule has 0 aromatic heterocycles. The lowest BCUT2D eigenvalue weighted by Crippen LogP contribution is -2.38. The van der Waals surface area contributed by atoms with Crippen LogP contribution in [0.25, 0.3) is 0 Å². The average Bonchev–Trinajstić information content (AvgIpc) is 2.29. The predicted molar refractivity (Wildman–Crippen MR) is 69.2 cm³/mol. The standard InChI is InChI=1S/C14H21NO2/c1-9(2)11(4)15(5)14(17)12-8-6-7-10(3)13(12)16/h6-9,11,16H,1-5H3. The third-order valence-corrected chi connectivity index (χ3v) is 3.36. The van der Waals surface area contributed by atoms with Crippen molar-refractivity contribution in [3.05, 3.63) is 29.3 Å². The molecule has 0 spiro atoms. The van der Waals surface area contributed by atoms with E-state index in [-0.39, 0.29) is 17.7 Å². The quantitative estimate of drug-likeness (QED) is 0.875. The number of phenols is 1. The molecule has 3 nitrogen and oxygen atoms in total. The van der Waals surface area contributed by atoms with Crippen LogP contribution in [0.1, 0.15) is 36.7 Å². The fraction of sp³-hybridized carbons (Fsp3) is 0.500. The van der Waals surface area contributed by atoms with Crippen molar-refractivity contribution in [2.75, 3.05) is 7.05 Å². The Hall–Kier alpha value is -1.51.